The highest BCUT2D eigenvalue weighted by Crippen LogP contribution is 2.18. The molecule has 1 aliphatic rings. The van der Waals surface area contributed by atoms with Gasteiger partial charge in [-0.05, 0) is 37.3 Å². The lowest BCUT2D eigenvalue weighted by Gasteiger charge is -2.16. The molecule has 1 aliphatic heterocycles. The number of fused-ring (bicyclic) bond motifs is 1. The second-order valence-corrected chi connectivity index (χ2v) is 5.80. The van der Waals surface area contributed by atoms with Crippen LogP contribution < -0.4 is 5.32 Å². The zero-order valence-corrected chi connectivity index (χ0v) is 12.8. The minimum absolute atomic E-state index is 0.0138. The standard InChI is InChI=1S/C17H21N3O2/c1-13-10-14-6-2-3-7-15(14)20(13)12-16(21)18-11-17(22)19-8-4-5-9-19/h2-3,6-7,10H,4-5,8-9,11-12H2,1H3,(H,18,21). The smallest absolute Gasteiger partial charge is 0.241 e. The molecule has 0 atom stereocenters. The van der Waals surface area contributed by atoms with Gasteiger partial charge in [0.1, 0.15) is 6.54 Å². The zero-order valence-electron chi connectivity index (χ0n) is 12.8. The molecule has 0 aliphatic carbocycles. The number of benzene rings is 1. The number of aryl methyl sites for hydroxylation is 1. The van der Waals surface area contributed by atoms with E-state index in [1.54, 1.807) is 0 Å². The Kier molecular flexibility index (Phi) is 4.13. The summed E-state index contributed by atoms with van der Waals surface area (Å²) in [6.45, 7) is 3.96. The molecule has 1 aromatic heterocycles. The van der Waals surface area contributed by atoms with Gasteiger partial charge in [0.2, 0.25) is 11.8 Å². The molecule has 0 bridgehead atoms. The van der Waals surface area contributed by atoms with Gasteiger partial charge in [0.25, 0.3) is 0 Å². The van der Waals surface area contributed by atoms with E-state index >= 15 is 0 Å². The van der Waals surface area contributed by atoms with Gasteiger partial charge in [0.05, 0.1) is 6.54 Å². The molecule has 1 saturated heterocycles. The molecule has 1 fully saturated rings. The van der Waals surface area contributed by atoms with E-state index in [0.717, 1.165) is 42.5 Å². The summed E-state index contributed by atoms with van der Waals surface area (Å²) in [4.78, 5) is 25.9. The Labute approximate surface area is 129 Å². The molecule has 22 heavy (non-hydrogen) atoms. The lowest BCUT2D eigenvalue weighted by molar-refractivity contribution is -0.132. The first-order valence-electron chi connectivity index (χ1n) is 7.74. The highest BCUT2D eigenvalue weighted by Gasteiger charge is 2.18. The lowest BCUT2D eigenvalue weighted by Crippen LogP contribution is -2.39. The van der Waals surface area contributed by atoms with E-state index in [-0.39, 0.29) is 24.9 Å². The number of aromatic nitrogens is 1. The van der Waals surface area contributed by atoms with Crippen molar-refractivity contribution < 1.29 is 9.59 Å². The van der Waals surface area contributed by atoms with Gasteiger partial charge < -0.3 is 14.8 Å². The second kappa shape index (κ2) is 6.22. The van der Waals surface area contributed by atoms with Crippen LogP contribution in [0.3, 0.4) is 0 Å². The van der Waals surface area contributed by atoms with Crippen molar-refractivity contribution in [3.63, 3.8) is 0 Å². The average molecular weight is 299 g/mol. The molecule has 2 heterocycles. The van der Waals surface area contributed by atoms with Crippen LogP contribution in [0.15, 0.2) is 30.3 Å². The highest BCUT2D eigenvalue weighted by molar-refractivity contribution is 5.87. The number of nitrogens with zero attached hydrogens (tertiary/aromatic N) is 2. The van der Waals surface area contributed by atoms with Gasteiger partial charge in [-0.25, -0.2) is 0 Å². The predicted octanol–water partition coefficient (Wildman–Crippen LogP) is 1.69. The maximum absolute atomic E-state index is 12.1. The number of nitrogens with one attached hydrogen (secondary N) is 1. The lowest BCUT2D eigenvalue weighted by atomic mass is 10.2. The first kappa shape index (κ1) is 14.6. The van der Waals surface area contributed by atoms with Gasteiger partial charge in [-0.15, -0.1) is 0 Å². The van der Waals surface area contributed by atoms with E-state index in [9.17, 15) is 9.59 Å². The number of para-hydroxylation sites is 1. The van der Waals surface area contributed by atoms with Crippen LogP contribution in [0, 0.1) is 6.92 Å². The molecule has 5 nitrogen and oxygen atoms in total. The Morgan fingerprint density at radius 2 is 1.91 bits per heavy atom. The SMILES string of the molecule is Cc1cc2ccccc2n1CC(=O)NCC(=O)N1CCCC1. The Morgan fingerprint density at radius 1 is 1.18 bits per heavy atom. The van der Waals surface area contributed by atoms with Gasteiger partial charge in [-0.2, -0.15) is 0 Å². The Bertz CT molecular complexity index is 699. The van der Waals surface area contributed by atoms with Gasteiger partial charge in [-0.3, -0.25) is 9.59 Å². The van der Waals surface area contributed by atoms with Crippen LogP contribution in [-0.2, 0) is 16.1 Å². The van der Waals surface area contributed by atoms with Crippen molar-refractivity contribution in [2.45, 2.75) is 26.3 Å². The number of hydrogen-bond acceptors (Lipinski definition) is 2. The summed E-state index contributed by atoms with van der Waals surface area (Å²) >= 11 is 0. The molecule has 0 unspecified atom stereocenters. The number of amides is 2. The summed E-state index contributed by atoms with van der Waals surface area (Å²) in [7, 11) is 0. The van der Waals surface area contributed by atoms with Crippen LogP contribution in [-0.4, -0.2) is 40.9 Å². The fourth-order valence-corrected chi connectivity index (χ4v) is 3.01. The monoisotopic (exact) mass is 299 g/mol. The minimum atomic E-state index is -0.128. The highest BCUT2D eigenvalue weighted by atomic mass is 16.2. The largest absolute Gasteiger partial charge is 0.345 e. The van der Waals surface area contributed by atoms with Crippen molar-refractivity contribution in [2.75, 3.05) is 19.6 Å². The van der Waals surface area contributed by atoms with Crippen molar-refractivity contribution in [1.82, 2.24) is 14.8 Å². The molecular formula is C17H21N3O2. The third kappa shape index (κ3) is 2.98. The molecule has 5 heteroatoms. The maximum Gasteiger partial charge on any atom is 0.241 e. The summed E-state index contributed by atoms with van der Waals surface area (Å²) in [5.41, 5.74) is 2.09. The quantitative estimate of drug-likeness (QED) is 0.934. The predicted molar refractivity (Wildman–Crippen MR) is 85.5 cm³/mol. The molecule has 3 rings (SSSR count). The van der Waals surface area contributed by atoms with E-state index in [1.165, 1.54) is 0 Å². The van der Waals surface area contributed by atoms with Crippen molar-refractivity contribution >= 4 is 22.7 Å². The van der Waals surface area contributed by atoms with Crippen molar-refractivity contribution in [3.05, 3.63) is 36.0 Å². The van der Waals surface area contributed by atoms with E-state index in [0.29, 0.717) is 0 Å². The first-order valence-corrected chi connectivity index (χ1v) is 7.74. The normalized spacial score (nSPS) is 14.5. The summed E-state index contributed by atoms with van der Waals surface area (Å²) in [5, 5.41) is 3.86. The van der Waals surface area contributed by atoms with E-state index < -0.39 is 0 Å². The van der Waals surface area contributed by atoms with Gasteiger partial charge in [-0.1, -0.05) is 18.2 Å². The van der Waals surface area contributed by atoms with Crippen LogP contribution in [0.1, 0.15) is 18.5 Å². The maximum atomic E-state index is 12.1. The van der Waals surface area contributed by atoms with Gasteiger partial charge in [0.15, 0.2) is 0 Å². The Hall–Kier alpha value is -2.30. The van der Waals surface area contributed by atoms with Crippen LogP contribution in [0.4, 0.5) is 0 Å². The van der Waals surface area contributed by atoms with E-state index in [1.807, 2.05) is 40.7 Å². The van der Waals surface area contributed by atoms with Crippen molar-refractivity contribution in [2.24, 2.45) is 0 Å². The number of carbonyl (C=O) groups excluding carboxylic acids is 2. The van der Waals surface area contributed by atoms with Crippen LogP contribution >= 0.6 is 0 Å². The fraction of sp³-hybridized carbons (Fsp3) is 0.412. The third-order valence-corrected chi connectivity index (χ3v) is 4.21. The molecule has 0 spiro atoms. The molecule has 0 radical (unpaired) electrons. The number of likely N-dealkylation sites (tertiary alicyclic amines) is 1. The Morgan fingerprint density at radius 3 is 2.68 bits per heavy atom. The molecule has 2 amide bonds. The molecule has 116 valence electrons. The average Bonchev–Trinajstić information content (AvgIpc) is 3.14. The first-order chi connectivity index (χ1) is 10.6. The summed E-state index contributed by atoms with van der Waals surface area (Å²) in [6, 6.07) is 10.1. The minimum Gasteiger partial charge on any atom is -0.345 e. The molecule has 1 aromatic carbocycles. The summed E-state index contributed by atoms with van der Waals surface area (Å²) in [6.07, 6.45) is 2.13. The molecule has 0 saturated carbocycles. The number of hydrogen-bond donors (Lipinski definition) is 1. The zero-order chi connectivity index (χ0) is 15.5. The van der Waals surface area contributed by atoms with Gasteiger partial charge >= 0.3 is 0 Å². The van der Waals surface area contributed by atoms with E-state index in [2.05, 4.69) is 11.4 Å². The summed E-state index contributed by atoms with van der Waals surface area (Å²) in [5.74, 6) is -0.114. The topological polar surface area (TPSA) is 54.3 Å². The van der Waals surface area contributed by atoms with Crippen LogP contribution in [0.2, 0.25) is 0 Å². The Balaban J connectivity index is 1.61. The fourth-order valence-electron chi connectivity index (χ4n) is 3.01. The molecular weight excluding hydrogens is 278 g/mol. The second-order valence-electron chi connectivity index (χ2n) is 5.80. The van der Waals surface area contributed by atoms with Crippen LogP contribution in [0.25, 0.3) is 10.9 Å². The summed E-state index contributed by atoms with van der Waals surface area (Å²) < 4.78 is 1.98. The number of rotatable bonds is 4. The van der Waals surface area contributed by atoms with Gasteiger partial charge in [0, 0.05) is 24.3 Å². The molecule has 1 N–H and O–H groups in total. The molecule has 2 aromatic rings. The van der Waals surface area contributed by atoms with Crippen LogP contribution in [0.5, 0.6) is 0 Å². The van der Waals surface area contributed by atoms with Crippen molar-refractivity contribution in [3.8, 4) is 0 Å². The number of carbonyl (C=O) groups is 2. The third-order valence-electron chi connectivity index (χ3n) is 4.21. The van der Waals surface area contributed by atoms with Crippen molar-refractivity contribution in [1.29, 1.82) is 0 Å². The van der Waals surface area contributed by atoms with E-state index in [4.69, 9.17) is 0 Å².